The van der Waals surface area contributed by atoms with Crippen molar-refractivity contribution < 1.29 is 9.50 Å². The van der Waals surface area contributed by atoms with Crippen LogP contribution in [-0.4, -0.2) is 15.0 Å². The van der Waals surface area contributed by atoms with E-state index < -0.39 is 5.82 Å². The molecule has 0 unspecified atom stereocenters. The average molecular weight is 376 g/mol. The number of benzene rings is 3. The largest absolute Gasteiger partial charge is 0.332 e. The van der Waals surface area contributed by atoms with E-state index >= 15 is 0 Å². The Morgan fingerprint density at radius 1 is 1.00 bits per heavy atom. The van der Waals surface area contributed by atoms with Crippen molar-refractivity contribution in [1.29, 1.82) is 0 Å². The van der Waals surface area contributed by atoms with Crippen LogP contribution in [0.3, 0.4) is 0 Å². The standard InChI is InChI=1S/C20H11FN3O2S/c21-10-4-5-13-15(8-10)16-14(6-7-22-19(16)26)18-17(13)23-20(24-18)27-12-3-1-2-11(25)9-12/h1-9H,(H,22,26)(H,23,24). The Balaban J connectivity index is 1.84. The van der Waals surface area contributed by atoms with Gasteiger partial charge in [0.05, 0.1) is 16.4 Å². The topological polar surface area (TPSA) is 81.4 Å². The van der Waals surface area contributed by atoms with Crippen LogP contribution in [0.25, 0.3) is 32.6 Å². The lowest BCUT2D eigenvalue weighted by atomic mass is 10.0. The zero-order valence-electron chi connectivity index (χ0n) is 13.7. The number of halogens is 1. The van der Waals surface area contributed by atoms with E-state index in [4.69, 9.17) is 0 Å². The number of aromatic nitrogens is 3. The number of rotatable bonds is 2. The highest BCUT2D eigenvalue weighted by Gasteiger charge is 2.16. The lowest BCUT2D eigenvalue weighted by Gasteiger charge is -2.05. The fraction of sp³-hybridized carbons (Fsp3) is 0. The van der Waals surface area contributed by atoms with E-state index in [1.165, 1.54) is 36.0 Å². The van der Waals surface area contributed by atoms with Gasteiger partial charge in [-0.2, -0.15) is 0 Å². The zero-order chi connectivity index (χ0) is 18.5. The van der Waals surface area contributed by atoms with Crippen molar-refractivity contribution in [3.8, 4) is 5.75 Å². The molecule has 7 heteroatoms. The van der Waals surface area contributed by atoms with E-state index in [-0.39, 0.29) is 11.3 Å². The first-order valence-corrected chi connectivity index (χ1v) is 8.99. The van der Waals surface area contributed by atoms with Crippen LogP contribution in [-0.2, 0) is 5.11 Å². The fourth-order valence-corrected chi connectivity index (χ4v) is 4.16. The molecule has 0 spiro atoms. The second kappa shape index (κ2) is 5.85. The summed E-state index contributed by atoms with van der Waals surface area (Å²) in [4.78, 5) is 23.7. The molecule has 1 radical (unpaired) electrons. The number of hydrogen-bond acceptors (Lipinski definition) is 3. The first-order valence-electron chi connectivity index (χ1n) is 8.17. The molecule has 131 valence electrons. The first kappa shape index (κ1) is 15.9. The Morgan fingerprint density at radius 2 is 1.89 bits per heavy atom. The number of hydrogen-bond donors (Lipinski definition) is 2. The normalized spacial score (nSPS) is 11.6. The van der Waals surface area contributed by atoms with Crippen molar-refractivity contribution >= 4 is 44.3 Å². The molecule has 0 saturated heterocycles. The quantitative estimate of drug-likeness (QED) is 0.426. The van der Waals surface area contributed by atoms with Crippen LogP contribution in [0.1, 0.15) is 0 Å². The maximum Gasteiger partial charge on any atom is 0.256 e. The molecule has 0 amide bonds. The monoisotopic (exact) mass is 376 g/mol. The summed E-state index contributed by atoms with van der Waals surface area (Å²) in [7, 11) is 0. The van der Waals surface area contributed by atoms with Crippen LogP contribution >= 0.6 is 11.8 Å². The molecule has 0 bridgehead atoms. The Hall–Kier alpha value is -3.32. The van der Waals surface area contributed by atoms with Crippen molar-refractivity contribution in [2.24, 2.45) is 0 Å². The Labute approximate surface area is 155 Å². The molecule has 5 nitrogen and oxygen atoms in total. The van der Waals surface area contributed by atoms with Crippen LogP contribution in [0, 0.1) is 5.82 Å². The second-order valence-electron chi connectivity index (χ2n) is 6.13. The minimum absolute atomic E-state index is 0.0750. The molecule has 0 fully saturated rings. The van der Waals surface area contributed by atoms with Gasteiger partial charge in [0.1, 0.15) is 5.82 Å². The summed E-state index contributed by atoms with van der Waals surface area (Å²) in [6, 6.07) is 12.7. The highest BCUT2D eigenvalue weighted by atomic mass is 32.2. The predicted molar refractivity (Wildman–Crippen MR) is 102 cm³/mol. The molecule has 5 rings (SSSR count). The van der Waals surface area contributed by atoms with Crippen LogP contribution in [0.2, 0.25) is 0 Å². The maximum atomic E-state index is 13.9. The van der Waals surface area contributed by atoms with Crippen molar-refractivity contribution in [3.05, 3.63) is 70.9 Å². The van der Waals surface area contributed by atoms with Crippen molar-refractivity contribution in [1.82, 2.24) is 15.0 Å². The summed E-state index contributed by atoms with van der Waals surface area (Å²) in [6.07, 6.45) is 1.56. The van der Waals surface area contributed by atoms with Gasteiger partial charge < -0.3 is 9.97 Å². The summed E-state index contributed by atoms with van der Waals surface area (Å²) in [5.74, 6) is -0.488. The van der Waals surface area contributed by atoms with Gasteiger partial charge >= 0.3 is 0 Å². The third-order valence-corrected chi connectivity index (χ3v) is 5.31. The average Bonchev–Trinajstić information content (AvgIpc) is 3.05. The van der Waals surface area contributed by atoms with Gasteiger partial charge in [0, 0.05) is 27.3 Å². The van der Waals surface area contributed by atoms with E-state index in [0.717, 1.165) is 4.90 Å². The molecular formula is C20H11FN3O2S. The number of fused-ring (bicyclic) bond motifs is 6. The lowest BCUT2D eigenvalue weighted by molar-refractivity contribution is 0.354. The van der Waals surface area contributed by atoms with Crippen molar-refractivity contribution in [3.63, 3.8) is 0 Å². The first-order chi connectivity index (χ1) is 13.1. The smallest absolute Gasteiger partial charge is 0.256 e. The highest BCUT2D eigenvalue weighted by Crippen LogP contribution is 2.35. The summed E-state index contributed by atoms with van der Waals surface area (Å²) in [5, 5.41) is 14.4. The van der Waals surface area contributed by atoms with Crippen LogP contribution in [0.15, 0.2) is 69.6 Å². The van der Waals surface area contributed by atoms with E-state index in [1.807, 2.05) is 6.07 Å². The molecule has 2 N–H and O–H groups in total. The number of pyridine rings is 1. The number of H-pyrrole nitrogens is 2. The van der Waals surface area contributed by atoms with Crippen molar-refractivity contribution in [2.45, 2.75) is 10.1 Å². The third kappa shape index (κ3) is 2.55. The van der Waals surface area contributed by atoms with Gasteiger partial charge in [0.2, 0.25) is 0 Å². The molecule has 2 heterocycles. The van der Waals surface area contributed by atoms with E-state index in [0.29, 0.717) is 37.7 Å². The second-order valence-corrected chi connectivity index (χ2v) is 7.19. The van der Waals surface area contributed by atoms with Gasteiger partial charge in [0.15, 0.2) is 10.9 Å². The van der Waals surface area contributed by atoms with Gasteiger partial charge in [-0.25, -0.2) is 9.37 Å². The molecule has 27 heavy (non-hydrogen) atoms. The SMILES string of the molecule is [O]c1cccc(Sc2nc3c4ccc(F)cc4c4c(=O)[nH]ccc4c3[nH]2)c1. The van der Waals surface area contributed by atoms with Crippen LogP contribution in [0.4, 0.5) is 4.39 Å². The third-order valence-electron chi connectivity index (χ3n) is 4.44. The van der Waals surface area contributed by atoms with Gasteiger partial charge in [-0.05, 0) is 42.5 Å². The molecule has 0 aliphatic rings. The zero-order valence-corrected chi connectivity index (χ0v) is 14.6. The van der Waals surface area contributed by atoms with E-state index in [1.54, 1.807) is 24.4 Å². The van der Waals surface area contributed by atoms with Gasteiger partial charge in [-0.15, -0.1) is 0 Å². The number of aromatic amines is 2. The Morgan fingerprint density at radius 3 is 2.74 bits per heavy atom. The Kier molecular flexibility index (Phi) is 3.45. The van der Waals surface area contributed by atoms with Crippen molar-refractivity contribution in [2.75, 3.05) is 0 Å². The van der Waals surface area contributed by atoms with Gasteiger partial charge in [-0.1, -0.05) is 17.8 Å². The summed E-state index contributed by atoms with van der Waals surface area (Å²) >= 11 is 1.33. The molecule has 0 atom stereocenters. The summed E-state index contributed by atoms with van der Waals surface area (Å²) in [6.45, 7) is 0. The molecule has 0 aliphatic carbocycles. The van der Waals surface area contributed by atoms with Crippen LogP contribution in [0.5, 0.6) is 5.75 Å². The van der Waals surface area contributed by atoms with Gasteiger partial charge in [0.25, 0.3) is 5.56 Å². The van der Waals surface area contributed by atoms with Crippen LogP contribution < -0.4 is 5.56 Å². The van der Waals surface area contributed by atoms with E-state index in [2.05, 4.69) is 15.0 Å². The number of imidazole rings is 1. The molecule has 2 aromatic heterocycles. The minimum atomic E-state index is -0.413. The fourth-order valence-electron chi connectivity index (χ4n) is 3.32. The molecule has 0 aliphatic heterocycles. The number of nitrogens with zero attached hydrogens (tertiary/aromatic N) is 1. The molecule has 0 saturated carbocycles. The van der Waals surface area contributed by atoms with E-state index in [9.17, 15) is 14.3 Å². The summed E-state index contributed by atoms with van der Waals surface area (Å²) < 4.78 is 13.9. The minimum Gasteiger partial charge on any atom is -0.332 e. The lowest BCUT2D eigenvalue weighted by Crippen LogP contribution is -2.05. The highest BCUT2D eigenvalue weighted by molar-refractivity contribution is 7.99. The Bertz CT molecular complexity index is 1410. The number of nitrogens with one attached hydrogen (secondary N) is 2. The molecule has 5 aromatic rings. The predicted octanol–water partition coefficient (Wildman–Crippen LogP) is 4.99. The molecular weight excluding hydrogens is 365 g/mol. The maximum absolute atomic E-state index is 13.9. The molecule has 3 aromatic carbocycles. The summed E-state index contributed by atoms with van der Waals surface area (Å²) in [5.41, 5.74) is 1.08. The van der Waals surface area contributed by atoms with Gasteiger partial charge in [-0.3, -0.25) is 9.90 Å².